The number of aryl methyl sites for hydroxylation is 1. The van der Waals surface area contributed by atoms with Crippen molar-refractivity contribution in [3.63, 3.8) is 0 Å². The van der Waals surface area contributed by atoms with Gasteiger partial charge in [0, 0.05) is 43.3 Å². The molecule has 0 radical (unpaired) electrons. The van der Waals surface area contributed by atoms with Crippen LogP contribution >= 0.6 is 0 Å². The smallest absolute Gasteiger partial charge is 0.274 e. The van der Waals surface area contributed by atoms with E-state index in [9.17, 15) is 4.79 Å². The zero-order valence-electron chi connectivity index (χ0n) is 15.5. The molecule has 4 heterocycles. The molecule has 1 saturated heterocycles. The minimum absolute atomic E-state index is 0.00390. The second-order valence-electron chi connectivity index (χ2n) is 7.77. The summed E-state index contributed by atoms with van der Waals surface area (Å²) >= 11 is 0. The first kappa shape index (κ1) is 16.4. The molecular weight excluding hydrogens is 338 g/mol. The summed E-state index contributed by atoms with van der Waals surface area (Å²) in [6.07, 6.45) is 6.66. The Kier molecular flexibility index (Phi) is 3.75. The summed E-state index contributed by atoms with van der Waals surface area (Å²) in [4.78, 5) is 23.7. The van der Waals surface area contributed by atoms with Crippen molar-refractivity contribution in [1.82, 2.24) is 24.6 Å². The van der Waals surface area contributed by atoms with Crippen LogP contribution in [0.15, 0.2) is 42.7 Å². The van der Waals surface area contributed by atoms with E-state index in [1.807, 2.05) is 28.5 Å². The van der Waals surface area contributed by atoms with Gasteiger partial charge in [0.2, 0.25) is 5.78 Å². The number of hydrogen-bond donors (Lipinski definition) is 1. The molecule has 3 aromatic rings. The van der Waals surface area contributed by atoms with E-state index in [1.54, 1.807) is 6.20 Å². The molecule has 138 valence electrons. The van der Waals surface area contributed by atoms with E-state index in [0.29, 0.717) is 11.5 Å². The summed E-state index contributed by atoms with van der Waals surface area (Å²) in [5.74, 6) is 0.585. The second kappa shape index (κ2) is 6.16. The quantitative estimate of drug-likeness (QED) is 0.723. The minimum Gasteiger partial charge on any atom is -0.337 e. The van der Waals surface area contributed by atoms with E-state index in [4.69, 9.17) is 0 Å². The molecule has 6 heteroatoms. The van der Waals surface area contributed by atoms with Crippen LogP contribution in [0.4, 0.5) is 0 Å². The van der Waals surface area contributed by atoms with E-state index in [0.717, 1.165) is 44.6 Å². The number of carbonyl (C=O) groups is 1. The van der Waals surface area contributed by atoms with Gasteiger partial charge in [-0.15, -0.1) is 0 Å². The van der Waals surface area contributed by atoms with Gasteiger partial charge in [0.05, 0.1) is 0 Å². The van der Waals surface area contributed by atoms with Crippen LogP contribution in [0.3, 0.4) is 0 Å². The standard InChI is InChI=1S/C21H23N5O/c1-15-6-9-26-14-18(24-20(26)23-15)19(27)25-10-7-21(8-11-25)12-16-4-2-3-5-17(16)13-22-21/h2-6,9,14,22H,7-8,10-13H2,1H3. The van der Waals surface area contributed by atoms with Crippen LogP contribution in [-0.4, -0.2) is 43.8 Å². The fraction of sp³-hybridized carbons (Fsp3) is 0.381. The molecule has 0 saturated carbocycles. The van der Waals surface area contributed by atoms with Gasteiger partial charge >= 0.3 is 0 Å². The van der Waals surface area contributed by atoms with Crippen LogP contribution in [0.25, 0.3) is 5.78 Å². The predicted molar refractivity (Wildman–Crippen MR) is 103 cm³/mol. The Hall–Kier alpha value is -2.73. The number of piperidine rings is 1. The van der Waals surface area contributed by atoms with Crippen molar-refractivity contribution in [3.8, 4) is 0 Å². The third-order valence-corrected chi connectivity index (χ3v) is 5.99. The van der Waals surface area contributed by atoms with E-state index in [-0.39, 0.29) is 11.4 Å². The number of amides is 1. The fourth-order valence-corrected chi connectivity index (χ4v) is 4.33. The topological polar surface area (TPSA) is 62.5 Å². The largest absolute Gasteiger partial charge is 0.337 e. The van der Waals surface area contributed by atoms with Crippen molar-refractivity contribution in [3.05, 3.63) is 65.2 Å². The van der Waals surface area contributed by atoms with Gasteiger partial charge in [0.1, 0.15) is 5.69 Å². The number of nitrogens with zero attached hydrogens (tertiary/aromatic N) is 4. The van der Waals surface area contributed by atoms with E-state index < -0.39 is 0 Å². The van der Waals surface area contributed by atoms with Crippen LogP contribution in [0, 0.1) is 6.92 Å². The highest BCUT2D eigenvalue weighted by Crippen LogP contribution is 2.32. The molecule has 1 fully saturated rings. The molecule has 0 atom stereocenters. The van der Waals surface area contributed by atoms with Gasteiger partial charge in [-0.1, -0.05) is 24.3 Å². The van der Waals surface area contributed by atoms with Gasteiger partial charge in [-0.05, 0) is 43.4 Å². The highest BCUT2D eigenvalue weighted by Gasteiger charge is 2.38. The van der Waals surface area contributed by atoms with E-state index in [1.165, 1.54) is 11.1 Å². The first-order chi connectivity index (χ1) is 13.1. The van der Waals surface area contributed by atoms with Crippen molar-refractivity contribution in [2.24, 2.45) is 0 Å². The highest BCUT2D eigenvalue weighted by molar-refractivity contribution is 5.92. The van der Waals surface area contributed by atoms with Crippen molar-refractivity contribution in [2.75, 3.05) is 13.1 Å². The van der Waals surface area contributed by atoms with Gasteiger partial charge in [-0.2, -0.15) is 0 Å². The monoisotopic (exact) mass is 361 g/mol. The summed E-state index contributed by atoms with van der Waals surface area (Å²) in [7, 11) is 0. The molecule has 1 N–H and O–H groups in total. The van der Waals surface area contributed by atoms with E-state index in [2.05, 4.69) is 39.6 Å². The fourth-order valence-electron chi connectivity index (χ4n) is 4.33. The molecule has 0 unspecified atom stereocenters. The zero-order chi connectivity index (χ0) is 18.4. The SMILES string of the molecule is Cc1ccn2cc(C(=O)N3CCC4(CC3)Cc3ccccc3CN4)nc2n1. The number of likely N-dealkylation sites (tertiary alicyclic amines) is 1. The van der Waals surface area contributed by atoms with Gasteiger partial charge in [-0.3, -0.25) is 9.20 Å². The van der Waals surface area contributed by atoms with Crippen molar-refractivity contribution in [1.29, 1.82) is 0 Å². The first-order valence-corrected chi connectivity index (χ1v) is 9.55. The average molecular weight is 361 g/mol. The van der Waals surface area contributed by atoms with Gasteiger partial charge in [-0.25, -0.2) is 9.97 Å². The van der Waals surface area contributed by atoms with Gasteiger partial charge in [0.15, 0.2) is 0 Å². The molecule has 0 aliphatic carbocycles. The number of carbonyl (C=O) groups excluding carboxylic acids is 1. The normalized spacial score (nSPS) is 18.6. The molecular formula is C21H23N5O. The third kappa shape index (κ3) is 2.90. The molecule has 2 aromatic heterocycles. The van der Waals surface area contributed by atoms with Gasteiger partial charge in [0.25, 0.3) is 5.91 Å². The summed E-state index contributed by atoms with van der Waals surface area (Å²) in [6.45, 7) is 4.36. The van der Waals surface area contributed by atoms with Crippen LogP contribution in [0.1, 0.15) is 40.2 Å². The molecule has 2 aliphatic heterocycles. The molecule has 1 amide bonds. The maximum absolute atomic E-state index is 12.9. The molecule has 6 nitrogen and oxygen atoms in total. The lowest BCUT2D eigenvalue weighted by Crippen LogP contribution is -2.57. The Balaban J connectivity index is 1.30. The minimum atomic E-state index is 0.00390. The lowest BCUT2D eigenvalue weighted by molar-refractivity contribution is 0.0626. The molecule has 1 aromatic carbocycles. The lowest BCUT2D eigenvalue weighted by atomic mass is 9.78. The number of aromatic nitrogens is 3. The molecule has 27 heavy (non-hydrogen) atoms. The van der Waals surface area contributed by atoms with E-state index >= 15 is 0 Å². The first-order valence-electron chi connectivity index (χ1n) is 9.55. The number of nitrogens with one attached hydrogen (secondary N) is 1. The van der Waals surface area contributed by atoms with Crippen LogP contribution in [0.5, 0.6) is 0 Å². The van der Waals surface area contributed by atoms with Crippen LogP contribution < -0.4 is 5.32 Å². The van der Waals surface area contributed by atoms with Crippen molar-refractivity contribution < 1.29 is 4.79 Å². The van der Waals surface area contributed by atoms with Crippen molar-refractivity contribution >= 4 is 11.7 Å². The number of hydrogen-bond acceptors (Lipinski definition) is 4. The summed E-state index contributed by atoms with van der Waals surface area (Å²) in [5.41, 5.74) is 4.33. The Morgan fingerprint density at radius 1 is 1.11 bits per heavy atom. The van der Waals surface area contributed by atoms with Crippen molar-refractivity contribution in [2.45, 2.75) is 38.3 Å². The lowest BCUT2D eigenvalue weighted by Gasteiger charge is -2.45. The molecule has 5 rings (SSSR count). The Bertz CT molecular complexity index is 1020. The Morgan fingerprint density at radius 3 is 2.70 bits per heavy atom. The highest BCUT2D eigenvalue weighted by atomic mass is 16.2. The predicted octanol–water partition coefficient (Wildman–Crippen LogP) is 2.36. The number of rotatable bonds is 1. The third-order valence-electron chi connectivity index (χ3n) is 5.99. The van der Waals surface area contributed by atoms with Gasteiger partial charge < -0.3 is 10.2 Å². The molecule has 1 spiro atoms. The number of fused-ring (bicyclic) bond motifs is 2. The Labute approximate surface area is 158 Å². The number of benzene rings is 1. The molecule has 0 bridgehead atoms. The maximum atomic E-state index is 12.9. The average Bonchev–Trinajstić information content (AvgIpc) is 3.11. The summed E-state index contributed by atoms with van der Waals surface area (Å²) < 4.78 is 1.81. The summed E-state index contributed by atoms with van der Waals surface area (Å²) in [5, 5.41) is 3.75. The second-order valence-corrected chi connectivity index (χ2v) is 7.77. The van der Waals surface area contributed by atoms with Crippen LogP contribution in [0.2, 0.25) is 0 Å². The summed E-state index contributed by atoms with van der Waals surface area (Å²) in [6, 6.07) is 10.6. The maximum Gasteiger partial charge on any atom is 0.274 e. The molecule has 2 aliphatic rings. The van der Waals surface area contributed by atoms with Crippen LogP contribution in [-0.2, 0) is 13.0 Å². The number of imidazole rings is 1. The Morgan fingerprint density at radius 2 is 1.89 bits per heavy atom. The zero-order valence-corrected chi connectivity index (χ0v) is 15.5.